The molecule has 2 N–H and O–H groups in total. The molecule has 2 unspecified atom stereocenters. The topological polar surface area (TPSA) is 41.9 Å². The minimum absolute atomic E-state index is 0.549. The molecule has 0 aliphatic carbocycles. The Morgan fingerprint density at radius 1 is 1.59 bits per heavy atom. The van der Waals surface area contributed by atoms with Gasteiger partial charge in [-0.2, -0.15) is 5.10 Å². The number of rotatable bonds is 5. The highest BCUT2D eigenvalue weighted by atomic mass is 15.3. The minimum Gasteiger partial charge on any atom is -0.314 e. The Labute approximate surface area is 104 Å². The Morgan fingerprint density at radius 3 is 3.12 bits per heavy atom. The van der Waals surface area contributed by atoms with Gasteiger partial charge in [0.15, 0.2) is 0 Å². The molecule has 0 radical (unpaired) electrons. The largest absolute Gasteiger partial charge is 0.314 e. The third-order valence-electron chi connectivity index (χ3n) is 3.45. The van der Waals surface area contributed by atoms with Gasteiger partial charge in [-0.05, 0) is 38.8 Å². The summed E-state index contributed by atoms with van der Waals surface area (Å²) in [5.41, 5.74) is 1.12. The molecule has 0 amide bonds. The van der Waals surface area contributed by atoms with Crippen molar-refractivity contribution in [2.24, 2.45) is 7.05 Å². The van der Waals surface area contributed by atoms with Crippen LogP contribution < -0.4 is 10.6 Å². The molecule has 17 heavy (non-hydrogen) atoms. The van der Waals surface area contributed by atoms with Crippen LogP contribution in [0.2, 0.25) is 0 Å². The minimum atomic E-state index is 0.549. The van der Waals surface area contributed by atoms with Gasteiger partial charge in [-0.3, -0.25) is 4.68 Å². The van der Waals surface area contributed by atoms with Crippen molar-refractivity contribution in [3.05, 3.63) is 18.0 Å². The van der Waals surface area contributed by atoms with Crippen molar-refractivity contribution in [3.8, 4) is 0 Å². The van der Waals surface area contributed by atoms with Gasteiger partial charge in [0, 0.05) is 31.9 Å². The van der Waals surface area contributed by atoms with Crippen LogP contribution in [-0.4, -0.2) is 28.4 Å². The zero-order valence-electron chi connectivity index (χ0n) is 10.9. The second-order valence-corrected chi connectivity index (χ2v) is 5.15. The van der Waals surface area contributed by atoms with Crippen LogP contribution in [0.25, 0.3) is 0 Å². The first-order chi connectivity index (χ1) is 8.24. The zero-order chi connectivity index (χ0) is 12.1. The fourth-order valence-electron chi connectivity index (χ4n) is 2.47. The van der Waals surface area contributed by atoms with E-state index >= 15 is 0 Å². The molecule has 2 heterocycles. The standard InChI is InChI=1S/C13H24N4/c1-11(9-12-5-3-4-7-14-12)15-10-13-6-8-17(2)16-13/h6,8,11-12,14-15H,3-5,7,9-10H2,1-2H3. The second-order valence-electron chi connectivity index (χ2n) is 5.15. The van der Waals surface area contributed by atoms with Crippen LogP contribution in [0, 0.1) is 0 Å². The van der Waals surface area contributed by atoms with Crippen LogP contribution in [-0.2, 0) is 13.6 Å². The fourth-order valence-corrected chi connectivity index (χ4v) is 2.47. The Bertz CT molecular complexity index is 328. The Morgan fingerprint density at radius 2 is 2.47 bits per heavy atom. The monoisotopic (exact) mass is 236 g/mol. The van der Waals surface area contributed by atoms with Crippen LogP contribution in [0.3, 0.4) is 0 Å². The average Bonchev–Trinajstić information content (AvgIpc) is 2.74. The van der Waals surface area contributed by atoms with E-state index in [1.165, 1.54) is 32.2 Å². The van der Waals surface area contributed by atoms with Gasteiger partial charge in [0.1, 0.15) is 0 Å². The van der Waals surface area contributed by atoms with Crippen molar-refractivity contribution in [3.63, 3.8) is 0 Å². The summed E-state index contributed by atoms with van der Waals surface area (Å²) in [6.45, 7) is 4.32. The third-order valence-corrected chi connectivity index (χ3v) is 3.45. The van der Waals surface area contributed by atoms with Crippen LogP contribution in [0.5, 0.6) is 0 Å². The van der Waals surface area contributed by atoms with Crippen molar-refractivity contribution < 1.29 is 0 Å². The van der Waals surface area contributed by atoms with E-state index < -0.39 is 0 Å². The summed E-state index contributed by atoms with van der Waals surface area (Å²) in [5, 5.41) is 11.5. The van der Waals surface area contributed by atoms with Crippen LogP contribution in [0.15, 0.2) is 12.3 Å². The van der Waals surface area contributed by atoms with E-state index in [9.17, 15) is 0 Å². The molecule has 1 aromatic rings. The summed E-state index contributed by atoms with van der Waals surface area (Å²) in [4.78, 5) is 0. The molecular weight excluding hydrogens is 212 g/mol. The summed E-state index contributed by atoms with van der Waals surface area (Å²) in [5.74, 6) is 0. The Kier molecular flexibility index (Phi) is 4.57. The quantitative estimate of drug-likeness (QED) is 0.812. The first kappa shape index (κ1) is 12.6. The molecule has 1 aliphatic rings. The van der Waals surface area contributed by atoms with Gasteiger partial charge in [-0.15, -0.1) is 0 Å². The molecule has 0 spiro atoms. The molecule has 4 nitrogen and oxygen atoms in total. The van der Waals surface area contributed by atoms with Crippen molar-refractivity contribution in [2.75, 3.05) is 6.54 Å². The van der Waals surface area contributed by atoms with E-state index in [1.54, 1.807) is 0 Å². The van der Waals surface area contributed by atoms with Gasteiger partial charge in [-0.25, -0.2) is 0 Å². The first-order valence-corrected chi connectivity index (χ1v) is 6.69. The number of piperidine rings is 1. The average molecular weight is 236 g/mol. The van der Waals surface area contributed by atoms with Crippen molar-refractivity contribution in [1.29, 1.82) is 0 Å². The summed E-state index contributed by atoms with van der Waals surface area (Å²) < 4.78 is 1.85. The molecule has 0 saturated carbocycles. The van der Waals surface area contributed by atoms with Gasteiger partial charge in [0.2, 0.25) is 0 Å². The van der Waals surface area contributed by atoms with Crippen molar-refractivity contribution >= 4 is 0 Å². The number of aromatic nitrogens is 2. The maximum atomic E-state index is 4.37. The number of nitrogens with zero attached hydrogens (tertiary/aromatic N) is 2. The lowest BCUT2D eigenvalue weighted by molar-refractivity contribution is 0.344. The molecule has 96 valence electrons. The molecule has 4 heteroatoms. The lowest BCUT2D eigenvalue weighted by Crippen LogP contribution is -2.39. The van der Waals surface area contributed by atoms with E-state index in [2.05, 4.69) is 28.7 Å². The molecule has 1 fully saturated rings. The van der Waals surface area contributed by atoms with Crippen LogP contribution in [0.4, 0.5) is 0 Å². The van der Waals surface area contributed by atoms with Gasteiger partial charge >= 0.3 is 0 Å². The number of aryl methyl sites for hydroxylation is 1. The summed E-state index contributed by atoms with van der Waals surface area (Å²) >= 11 is 0. The Balaban J connectivity index is 1.68. The van der Waals surface area contributed by atoms with E-state index in [0.29, 0.717) is 12.1 Å². The summed E-state index contributed by atoms with van der Waals surface area (Å²) in [7, 11) is 1.96. The van der Waals surface area contributed by atoms with Gasteiger partial charge in [0.05, 0.1) is 5.69 Å². The van der Waals surface area contributed by atoms with E-state index in [1.807, 2.05) is 17.9 Å². The van der Waals surface area contributed by atoms with Gasteiger partial charge < -0.3 is 10.6 Å². The predicted octanol–water partition coefficient (Wildman–Crippen LogP) is 1.43. The normalized spacial score (nSPS) is 22.6. The highest BCUT2D eigenvalue weighted by Crippen LogP contribution is 2.12. The van der Waals surface area contributed by atoms with Crippen LogP contribution >= 0.6 is 0 Å². The second kappa shape index (κ2) is 6.17. The van der Waals surface area contributed by atoms with E-state index in [-0.39, 0.29) is 0 Å². The molecule has 0 bridgehead atoms. The molecule has 1 aromatic heterocycles. The molecule has 1 saturated heterocycles. The van der Waals surface area contributed by atoms with E-state index in [4.69, 9.17) is 0 Å². The highest BCUT2D eigenvalue weighted by molar-refractivity contribution is 4.98. The maximum Gasteiger partial charge on any atom is 0.0762 e. The smallest absolute Gasteiger partial charge is 0.0762 e. The molecule has 0 aromatic carbocycles. The highest BCUT2D eigenvalue weighted by Gasteiger charge is 2.15. The third kappa shape index (κ3) is 4.13. The molecule has 1 aliphatic heterocycles. The Hall–Kier alpha value is -0.870. The molecular formula is C13H24N4. The summed E-state index contributed by atoms with van der Waals surface area (Å²) in [6, 6.07) is 3.32. The molecule has 2 rings (SSSR count). The summed E-state index contributed by atoms with van der Waals surface area (Å²) in [6.07, 6.45) is 7.25. The number of hydrogen-bond donors (Lipinski definition) is 2. The number of hydrogen-bond acceptors (Lipinski definition) is 3. The number of nitrogens with one attached hydrogen (secondary N) is 2. The zero-order valence-corrected chi connectivity index (χ0v) is 10.9. The first-order valence-electron chi connectivity index (χ1n) is 6.69. The fraction of sp³-hybridized carbons (Fsp3) is 0.769. The van der Waals surface area contributed by atoms with Gasteiger partial charge in [0.25, 0.3) is 0 Å². The molecule has 2 atom stereocenters. The van der Waals surface area contributed by atoms with Crippen molar-refractivity contribution in [1.82, 2.24) is 20.4 Å². The van der Waals surface area contributed by atoms with Gasteiger partial charge in [-0.1, -0.05) is 6.42 Å². The lowest BCUT2D eigenvalue weighted by atomic mass is 9.99. The van der Waals surface area contributed by atoms with E-state index in [0.717, 1.165) is 12.2 Å². The van der Waals surface area contributed by atoms with Crippen LogP contribution in [0.1, 0.15) is 38.3 Å². The van der Waals surface area contributed by atoms with Crippen molar-refractivity contribution in [2.45, 2.75) is 51.2 Å². The SMILES string of the molecule is CC(CC1CCCCN1)NCc1ccn(C)n1. The maximum absolute atomic E-state index is 4.37. The predicted molar refractivity (Wildman–Crippen MR) is 69.8 cm³/mol. The lowest BCUT2D eigenvalue weighted by Gasteiger charge is -2.26.